The highest BCUT2D eigenvalue weighted by atomic mass is 79.9. The predicted octanol–water partition coefficient (Wildman–Crippen LogP) is 5.00. The smallest absolute Gasteiger partial charge is 0.118 e. The third-order valence-corrected chi connectivity index (χ3v) is 4.39. The summed E-state index contributed by atoms with van der Waals surface area (Å²) in [5.41, 5.74) is 2.43. The van der Waals surface area contributed by atoms with Gasteiger partial charge >= 0.3 is 0 Å². The first-order chi connectivity index (χ1) is 10.1. The zero-order valence-corrected chi connectivity index (χ0v) is 14.5. The molecule has 2 nitrogen and oxygen atoms in total. The highest BCUT2D eigenvalue weighted by Crippen LogP contribution is 2.29. The van der Waals surface area contributed by atoms with Gasteiger partial charge in [0.25, 0.3) is 0 Å². The van der Waals surface area contributed by atoms with Gasteiger partial charge in [0.2, 0.25) is 0 Å². The van der Waals surface area contributed by atoms with E-state index in [1.165, 1.54) is 5.56 Å². The minimum atomic E-state index is 0.243. The highest BCUT2D eigenvalue weighted by Gasteiger charge is 2.13. The molecule has 0 aromatic heterocycles. The van der Waals surface area contributed by atoms with Gasteiger partial charge in [0, 0.05) is 15.5 Å². The van der Waals surface area contributed by atoms with Crippen LogP contribution in [-0.2, 0) is 6.42 Å². The molecule has 112 valence electrons. The van der Waals surface area contributed by atoms with Gasteiger partial charge in [0.05, 0.1) is 7.11 Å². The van der Waals surface area contributed by atoms with Gasteiger partial charge < -0.3 is 10.1 Å². The van der Waals surface area contributed by atoms with Crippen molar-refractivity contribution in [2.24, 2.45) is 0 Å². The van der Waals surface area contributed by atoms with Crippen LogP contribution in [0.1, 0.15) is 23.6 Å². The molecule has 0 saturated carbocycles. The Morgan fingerprint density at radius 3 is 2.48 bits per heavy atom. The lowest BCUT2D eigenvalue weighted by Gasteiger charge is -2.18. The first-order valence-corrected chi connectivity index (χ1v) is 8.06. The van der Waals surface area contributed by atoms with E-state index in [2.05, 4.69) is 39.4 Å². The van der Waals surface area contributed by atoms with Crippen molar-refractivity contribution < 1.29 is 4.74 Å². The Morgan fingerprint density at radius 1 is 1.19 bits per heavy atom. The average Bonchev–Trinajstić information content (AvgIpc) is 2.50. The molecule has 0 bridgehead atoms. The van der Waals surface area contributed by atoms with Crippen LogP contribution in [-0.4, -0.2) is 14.2 Å². The normalized spacial score (nSPS) is 12.2. The van der Waals surface area contributed by atoms with Crippen molar-refractivity contribution in [2.75, 3.05) is 14.2 Å². The van der Waals surface area contributed by atoms with Gasteiger partial charge in [0.1, 0.15) is 5.75 Å². The van der Waals surface area contributed by atoms with Crippen molar-refractivity contribution in [3.05, 3.63) is 63.1 Å². The van der Waals surface area contributed by atoms with Crippen LogP contribution in [0.4, 0.5) is 0 Å². The van der Waals surface area contributed by atoms with Crippen molar-refractivity contribution in [2.45, 2.75) is 18.9 Å². The monoisotopic (exact) mass is 367 g/mol. The first kappa shape index (κ1) is 16.3. The summed E-state index contributed by atoms with van der Waals surface area (Å²) in [5, 5.41) is 4.14. The number of methoxy groups -OCH3 is 1. The van der Waals surface area contributed by atoms with E-state index in [1.807, 2.05) is 31.3 Å². The van der Waals surface area contributed by atoms with Crippen molar-refractivity contribution in [1.29, 1.82) is 0 Å². The molecule has 0 aliphatic rings. The summed E-state index contributed by atoms with van der Waals surface area (Å²) in [6.07, 6.45) is 1.98. The maximum absolute atomic E-state index is 6.34. The van der Waals surface area contributed by atoms with E-state index in [0.29, 0.717) is 0 Å². The van der Waals surface area contributed by atoms with Gasteiger partial charge in [-0.05, 0) is 55.3 Å². The molecule has 0 fully saturated rings. The quantitative estimate of drug-likeness (QED) is 0.774. The van der Waals surface area contributed by atoms with Crippen LogP contribution >= 0.6 is 27.5 Å². The Hall–Kier alpha value is -1.03. The van der Waals surface area contributed by atoms with E-state index >= 15 is 0 Å². The standard InChI is InChI=1S/C17H19BrClNO/c1-20-17(15-9-6-13(18)11-16(15)19)10-5-12-3-7-14(21-2)8-4-12/h3-4,6-9,11,17,20H,5,10H2,1-2H3. The second-order valence-corrected chi connectivity index (χ2v) is 6.22. The molecule has 0 saturated heterocycles. The summed E-state index contributed by atoms with van der Waals surface area (Å²) in [5.74, 6) is 0.889. The van der Waals surface area contributed by atoms with Gasteiger partial charge in [-0.3, -0.25) is 0 Å². The number of hydrogen-bond acceptors (Lipinski definition) is 2. The number of aryl methyl sites for hydroxylation is 1. The van der Waals surface area contributed by atoms with Gasteiger partial charge in [0.15, 0.2) is 0 Å². The molecular formula is C17H19BrClNO. The third-order valence-electron chi connectivity index (χ3n) is 3.57. The summed E-state index contributed by atoms with van der Waals surface area (Å²) >= 11 is 9.78. The van der Waals surface area contributed by atoms with Gasteiger partial charge in [-0.15, -0.1) is 0 Å². The molecule has 0 amide bonds. The first-order valence-electron chi connectivity index (χ1n) is 6.89. The van der Waals surface area contributed by atoms with E-state index < -0.39 is 0 Å². The second-order valence-electron chi connectivity index (χ2n) is 4.89. The fourth-order valence-corrected chi connectivity index (χ4v) is 3.15. The van der Waals surface area contributed by atoms with E-state index in [4.69, 9.17) is 16.3 Å². The number of benzene rings is 2. The Bertz CT molecular complexity index is 586. The topological polar surface area (TPSA) is 21.3 Å². The van der Waals surface area contributed by atoms with Gasteiger partial charge in [-0.25, -0.2) is 0 Å². The second kappa shape index (κ2) is 7.83. The van der Waals surface area contributed by atoms with Gasteiger partial charge in [-0.1, -0.05) is 45.7 Å². The number of nitrogens with one attached hydrogen (secondary N) is 1. The molecule has 0 aliphatic carbocycles. The molecule has 2 aromatic carbocycles. The molecule has 0 spiro atoms. The van der Waals surface area contributed by atoms with E-state index in [-0.39, 0.29) is 6.04 Å². The van der Waals surface area contributed by atoms with Crippen molar-refractivity contribution in [3.63, 3.8) is 0 Å². The number of halogens is 2. The number of rotatable bonds is 6. The summed E-state index contributed by atoms with van der Waals surface area (Å²) in [6.45, 7) is 0. The SMILES string of the molecule is CNC(CCc1ccc(OC)cc1)c1ccc(Br)cc1Cl. The van der Waals surface area contributed by atoms with Crippen LogP contribution in [0.3, 0.4) is 0 Å². The maximum Gasteiger partial charge on any atom is 0.118 e. The molecule has 21 heavy (non-hydrogen) atoms. The Morgan fingerprint density at radius 2 is 1.90 bits per heavy atom. The van der Waals surface area contributed by atoms with Crippen molar-refractivity contribution in [3.8, 4) is 5.75 Å². The predicted molar refractivity (Wildman–Crippen MR) is 92.3 cm³/mol. The molecule has 2 rings (SSSR count). The molecule has 1 unspecified atom stereocenters. The lowest BCUT2D eigenvalue weighted by Crippen LogP contribution is -2.17. The number of ether oxygens (including phenoxy) is 1. The summed E-state index contributed by atoms with van der Waals surface area (Å²) in [6, 6.07) is 14.5. The minimum absolute atomic E-state index is 0.243. The fraction of sp³-hybridized carbons (Fsp3) is 0.294. The molecule has 1 atom stereocenters. The third kappa shape index (κ3) is 4.47. The molecule has 4 heteroatoms. The Labute approximate surface area is 139 Å². The Kier molecular flexibility index (Phi) is 6.09. The van der Waals surface area contributed by atoms with Crippen LogP contribution in [0.25, 0.3) is 0 Å². The molecule has 2 aromatic rings. The highest BCUT2D eigenvalue weighted by molar-refractivity contribution is 9.10. The van der Waals surface area contributed by atoms with Crippen LogP contribution in [0.15, 0.2) is 46.9 Å². The summed E-state index contributed by atoms with van der Waals surface area (Å²) in [7, 11) is 3.65. The minimum Gasteiger partial charge on any atom is -0.497 e. The van der Waals surface area contributed by atoms with Crippen molar-refractivity contribution in [1.82, 2.24) is 5.32 Å². The zero-order valence-electron chi connectivity index (χ0n) is 12.2. The van der Waals surface area contributed by atoms with E-state index in [0.717, 1.165) is 33.6 Å². The van der Waals surface area contributed by atoms with Crippen LogP contribution < -0.4 is 10.1 Å². The summed E-state index contributed by atoms with van der Waals surface area (Å²) in [4.78, 5) is 0. The lowest BCUT2D eigenvalue weighted by atomic mass is 9.99. The van der Waals surface area contributed by atoms with Gasteiger partial charge in [-0.2, -0.15) is 0 Å². The largest absolute Gasteiger partial charge is 0.497 e. The van der Waals surface area contributed by atoms with E-state index in [9.17, 15) is 0 Å². The molecular weight excluding hydrogens is 350 g/mol. The maximum atomic E-state index is 6.34. The van der Waals surface area contributed by atoms with Crippen LogP contribution in [0.5, 0.6) is 5.75 Å². The fourth-order valence-electron chi connectivity index (χ4n) is 2.34. The van der Waals surface area contributed by atoms with E-state index in [1.54, 1.807) is 7.11 Å². The van der Waals surface area contributed by atoms with Crippen molar-refractivity contribution >= 4 is 27.5 Å². The average molecular weight is 369 g/mol. The zero-order chi connectivity index (χ0) is 15.2. The van der Waals surface area contributed by atoms with Crippen LogP contribution in [0, 0.1) is 0 Å². The molecule has 0 aliphatic heterocycles. The van der Waals surface area contributed by atoms with Crippen LogP contribution in [0.2, 0.25) is 5.02 Å². The number of hydrogen-bond donors (Lipinski definition) is 1. The lowest BCUT2D eigenvalue weighted by molar-refractivity contribution is 0.414. The Balaban J connectivity index is 2.04. The molecule has 0 heterocycles. The molecule has 0 radical (unpaired) electrons. The summed E-state index contributed by atoms with van der Waals surface area (Å²) < 4.78 is 6.18. The molecule has 1 N–H and O–H groups in total.